The van der Waals surface area contributed by atoms with Crippen LogP contribution in [0.2, 0.25) is 0 Å². The number of hydrogen-bond donors (Lipinski definition) is 0. The van der Waals surface area contributed by atoms with E-state index in [2.05, 4.69) is 41.8 Å². The van der Waals surface area contributed by atoms with Crippen LogP contribution in [0.1, 0.15) is 46.6 Å². The van der Waals surface area contributed by atoms with Gasteiger partial charge in [-0.15, -0.1) is 0 Å². The van der Waals surface area contributed by atoms with Crippen LogP contribution in [0.15, 0.2) is 21.3 Å². The minimum atomic E-state index is -2.84. The first-order chi connectivity index (χ1) is 15.8. The van der Waals surface area contributed by atoms with Gasteiger partial charge in [-0.3, -0.25) is 4.79 Å². The average Bonchev–Trinajstić information content (AvgIpc) is 3.49. The Kier molecular flexibility index (Phi) is 7.28. The van der Waals surface area contributed by atoms with Gasteiger partial charge in [-0.25, -0.2) is 18.7 Å². The van der Waals surface area contributed by atoms with Crippen LogP contribution in [0.5, 0.6) is 0 Å². The summed E-state index contributed by atoms with van der Waals surface area (Å²) in [5.41, 5.74) is -0.709. The summed E-state index contributed by atoms with van der Waals surface area (Å²) in [5, 5.41) is 0. The minimum absolute atomic E-state index is 0.0843. The van der Waals surface area contributed by atoms with Gasteiger partial charge in [0, 0.05) is 62.5 Å². The lowest BCUT2D eigenvalue weighted by Gasteiger charge is -2.28. The zero-order valence-corrected chi connectivity index (χ0v) is 21.2. The molecule has 0 amide bonds. The van der Waals surface area contributed by atoms with Gasteiger partial charge in [-0.05, 0) is 44.0 Å². The van der Waals surface area contributed by atoms with E-state index in [-0.39, 0.29) is 44.7 Å². The van der Waals surface area contributed by atoms with E-state index in [1.54, 1.807) is 13.2 Å². The van der Waals surface area contributed by atoms with E-state index in [4.69, 9.17) is 18.9 Å². The lowest BCUT2D eigenvalue weighted by molar-refractivity contribution is -0.0249. The molecule has 11 heteroatoms. The molecule has 4 rings (SSSR count). The second-order valence-corrected chi connectivity index (χ2v) is 9.45. The predicted molar refractivity (Wildman–Crippen MR) is 121 cm³/mol. The number of pyridine rings is 2. The molecule has 4 heterocycles. The number of alkyl halides is 2. The molecule has 0 saturated carbocycles. The third-order valence-corrected chi connectivity index (χ3v) is 7.46. The number of aromatic nitrogens is 2. The number of rotatable bonds is 7. The quantitative estimate of drug-likeness (QED) is 0.333. The Hall–Kier alpha value is -1.37. The van der Waals surface area contributed by atoms with E-state index in [1.807, 2.05) is 0 Å². The molecular weight excluding hydrogens is 570 g/mol. The van der Waals surface area contributed by atoms with E-state index in [0.717, 1.165) is 0 Å². The lowest BCUT2D eigenvalue weighted by Crippen LogP contribution is -2.31. The number of nitrogens with zero attached hydrogens (tertiary/aromatic N) is 2. The van der Waals surface area contributed by atoms with Gasteiger partial charge in [0.15, 0.2) is 6.29 Å². The van der Waals surface area contributed by atoms with E-state index < -0.39 is 17.6 Å². The van der Waals surface area contributed by atoms with Crippen molar-refractivity contribution in [3.8, 4) is 11.1 Å². The number of carbonyl (C=O) groups is 1. The maximum Gasteiger partial charge on any atom is 0.264 e. The smallest absolute Gasteiger partial charge is 0.264 e. The zero-order valence-electron chi connectivity index (χ0n) is 18.0. The fourth-order valence-corrected chi connectivity index (χ4v) is 5.56. The summed E-state index contributed by atoms with van der Waals surface area (Å²) in [6.45, 7) is 1.43. The zero-order chi connectivity index (χ0) is 23.8. The summed E-state index contributed by atoms with van der Waals surface area (Å²) < 4.78 is 51.2. The monoisotopic (exact) mass is 590 g/mol. The lowest BCUT2D eigenvalue weighted by atomic mass is 9.91. The number of halogens is 4. The highest BCUT2D eigenvalue weighted by Crippen LogP contribution is 2.45. The second kappa shape index (κ2) is 9.71. The molecule has 2 atom stereocenters. The molecule has 0 N–H and O–H groups in total. The van der Waals surface area contributed by atoms with Crippen molar-refractivity contribution in [1.29, 1.82) is 0 Å². The van der Waals surface area contributed by atoms with Gasteiger partial charge in [-0.1, -0.05) is 0 Å². The van der Waals surface area contributed by atoms with Crippen LogP contribution < -0.4 is 0 Å². The third kappa shape index (κ3) is 4.28. The molecule has 2 fully saturated rings. The Balaban J connectivity index is 1.91. The average molecular weight is 592 g/mol. The molecule has 1 unspecified atom stereocenters. The van der Waals surface area contributed by atoms with Crippen LogP contribution in [0.3, 0.4) is 0 Å². The molecule has 0 spiro atoms. The van der Waals surface area contributed by atoms with Gasteiger partial charge in [0.2, 0.25) is 0 Å². The minimum Gasteiger partial charge on any atom is -0.378 e. The molecule has 2 saturated heterocycles. The number of aldehydes is 1. The Morgan fingerprint density at radius 1 is 0.970 bits per heavy atom. The highest BCUT2D eigenvalue weighted by atomic mass is 79.9. The molecule has 178 valence electrons. The molecule has 2 aliphatic rings. The first-order valence-corrected chi connectivity index (χ1v) is 11.8. The Morgan fingerprint density at radius 2 is 1.48 bits per heavy atom. The summed E-state index contributed by atoms with van der Waals surface area (Å²) >= 11 is 6.76. The molecule has 7 nitrogen and oxygen atoms in total. The molecule has 0 aromatic carbocycles. The van der Waals surface area contributed by atoms with E-state index >= 15 is 0 Å². The van der Waals surface area contributed by atoms with Crippen LogP contribution in [0.25, 0.3) is 11.1 Å². The maximum absolute atomic E-state index is 14.3. The van der Waals surface area contributed by atoms with Crippen molar-refractivity contribution >= 4 is 38.1 Å². The summed E-state index contributed by atoms with van der Waals surface area (Å²) in [6.07, 6.45) is -1.18. The molecule has 0 radical (unpaired) electrons. The second-order valence-electron chi connectivity index (χ2n) is 7.95. The highest BCUT2D eigenvalue weighted by molar-refractivity contribution is 9.11. The van der Waals surface area contributed by atoms with Crippen LogP contribution in [-0.2, 0) is 30.1 Å². The van der Waals surface area contributed by atoms with Gasteiger partial charge < -0.3 is 18.9 Å². The fourth-order valence-electron chi connectivity index (χ4n) is 4.32. The summed E-state index contributed by atoms with van der Waals surface area (Å²) in [5.74, 6) is 0. The molecule has 33 heavy (non-hydrogen) atoms. The largest absolute Gasteiger partial charge is 0.378 e. The standard InChI is InChI=1S/C22H22Br2F2N2O5/c1-30-21(3-5-32-10-21)14-7-12(9-29)16(18(23)27-14)17-13(20(25)26)8-15(28-19(17)24)22(31-2)4-6-33-11-22/h7-9,20H,3-6,10-11H2,1-2H3/t21?,22-/m1/s1. The molecular formula is C22H22Br2F2N2O5. The molecule has 2 aliphatic heterocycles. The van der Waals surface area contributed by atoms with Crippen molar-refractivity contribution in [2.75, 3.05) is 40.6 Å². The Bertz CT molecular complexity index is 1060. The summed E-state index contributed by atoms with van der Waals surface area (Å²) in [6, 6.07) is 2.88. The van der Waals surface area contributed by atoms with E-state index in [1.165, 1.54) is 13.2 Å². The topological polar surface area (TPSA) is 79.8 Å². The first kappa shape index (κ1) is 24.7. The summed E-state index contributed by atoms with van der Waals surface area (Å²) in [4.78, 5) is 21.2. The van der Waals surface area contributed by atoms with Crippen molar-refractivity contribution in [3.63, 3.8) is 0 Å². The van der Waals surface area contributed by atoms with Gasteiger partial charge >= 0.3 is 0 Å². The van der Waals surface area contributed by atoms with Crippen molar-refractivity contribution < 1.29 is 32.5 Å². The van der Waals surface area contributed by atoms with E-state index in [9.17, 15) is 13.6 Å². The molecule has 0 bridgehead atoms. The highest BCUT2D eigenvalue weighted by Gasteiger charge is 2.41. The number of methoxy groups -OCH3 is 2. The first-order valence-electron chi connectivity index (χ1n) is 10.2. The van der Waals surface area contributed by atoms with Gasteiger partial charge in [0.05, 0.1) is 24.6 Å². The number of carbonyl (C=O) groups excluding carboxylic acids is 1. The van der Waals surface area contributed by atoms with Gasteiger partial charge in [0.1, 0.15) is 20.4 Å². The molecule has 2 aromatic rings. The molecule has 0 aliphatic carbocycles. The van der Waals surface area contributed by atoms with Gasteiger partial charge in [-0.2, -0.15) is 0 Å². The molecule has 2 aromatic heterocycles. The van der Waals surface area contributed by atoms with Crippen LogP contribution >= 0.6 is 31.9 Å². The van der Waals surface area contributed by atoms with Crippen LogP contribution in [0, 0.1) is 0 Å². The summed E-state index contributed by atoms with van der Waals surface area (Å²) in [7, 11) is 3.05. The maximum atomic E-state index is 14.3. The number of hydrogen-bond acceptors (Lipinski definition) is 7. The number of ether oxygens (including phenoxy) is 4. The Morgan fingerprint density at radius 3 is 1.91 bits per heavy atom. The SMILES string of the molecule is COC1(c2cc(C=O)c(-c3c(C(F)F)cc([C@@]4(OC)CCOC4)nc3Br)c(Br)n2)CCOC1. The predicted octanol–water partition coefficient (Wildman–Crippen LogP) is 4.94. The van der Waals surface area contributed by atoms with Crippen molar-refractivity contribution in [1.82, 2.24) is 9.97 Å². The van der Waals surface area contributed by atoms with Crippen molar-refractivity contribution in [2.24, 2.45) is 0 Å². The Labute approximate surface area is 206 Å². The van der Waals surface area contributed by atoms with E-state index in [0.29, 0.717) is 43.7 Å². The normalized spacial score (nSPS) is 25.2. The van der Waals surface area contributed by atoms with Crippen molar-refractivity contribution in [3.05, 3.63) is 43.9 Å². The van der Waals surface area contributed by atoms with Crippen molar-refractivity contribution in [2.45, 2.75) is 30.5 Å². The van der Waals surface area contributed by atoms with Crippen LogP contribution in [-0.4, -0.2) is 56.9 Å². The third-order valence-electron chi connectivity index (χ3n) is 6.31. The van der Waals surface area contributed by atoms with Crippen LogP contribution in [0.4, 0.5) is 8.78 Å². The fraction of sp³-hybridized carbons (Fsp3) is 0.500. The van der Waals surface area contributed by atoms with Gasteiger partial charge in [0.25, 0.3) is 6.43 Å².